The Morgan fingerprint density at radius 3 is 2.35 bits per heavy atom. The van der Waals surface area contributed by atoms with Crippen molar-refractivity contribution in [3.05, 3.63) is 65.4 Å². The maximum atomic E-state index is 13.0. The molecule has 1 heterocycles. The van der Waals surface area contributed by atoms with Crippen LogP contribution in [0.1, 0.15) is 26.3 Å². The number of carbonyl (C=O) groups is 2. The van der Waals surface area contributed by atoms with Crippen molar-refractivity contribution in [2.45, 2.75) is 11.8 Å². The summed E-state index contributed by atoms with van der Waals surface area (Å²) in [6.45, 7) is 1.84. The average Bonchev–Trinajstić information content (AvgIpc) is 3.10. The van der Waals surface area contributed by atoms with Gasteiger partial charge < -0.3 is 15.5 Å². The fourth-order valence-electron chi connectivity index (χ4n) is 2.93. The maximum absolute atomic E-state index is 13.0. The number of benzene rings is 2. The van der Waals surface area contributed by atoms with E-state index in [0.29, 0.717) is 0 Å². The number of amides is 1. The number of carbonyl (C=O) groups excluding carboxylic acids is 1. The van der Waals surface area contributed by atoms with Gasteiger partial charge in [0.2, 0.25) is 0 Å². The van der Waals surface area contributed by atoms with Crippen LogP contribution < -0.4 is 9.62 Å². The van der Waals surface area contributed by atoms with E-state index < -0.39 is 27.6 Å². The number of aryl methyl sites for hydroxylation is 2. The molecule has 31 heavy (non-hydrogen) atoms. The Labute approximate surface area is 178 Å². The second-order valence-electron chi connectivity index (χ2n) is 6.78. The molecule has 3 aromatic rings. The van der Waals surface area contributed by atoms with Crippen LogP contribution in [0.3, 0.4) is 0 Å². The first-order valence-corrected chi connectivity index (χ1v) is 10.4. The van der Waals surface area contributed by atoms with Crippen LogP contribution in [0.2, 0.25) is 0 Å². The van der Waals surface area contributed by atoms with Crippen molar-refractivity contribution in [2.75, 3.05) is 16.7 Å². The summed E-state index contributed by atoms with van der Waals surface area (Å²) in [4.78, 5) is 24.1. The van der Waals surface area contributed by atoms with Crippen LogP contribution in [-0.2, 0) is 17.1 Å². The van der Waals surface area contributed by atoms with Crippen LogP contribution in [0.25, 0.3) is 0 Å². The van der Waals surface area contributed by atoms with Crippen LogP contribution in [0, 0.1) is 6.92 Å². The van der Waals surface area contributed by atoms with Crippen molar-refractivity contribution < 1.29 is 28.2 Å². The van der Waals surface area contributed by atoms with Gasteiger partial charge in [-0.15, -0.1) is 0 Å². The smallest absolute Gasteiger partial charge is 0.339 e. The number of rotatable bonds is 6. The molecule has 0 fully saturated rings. The Bertz CT molecular complexity index is 1270. The van der Waals surface area contributed by atoms with Crippen LogP contribution in [0.5, 0.6) is 5.75 Å². The molecule has 3 N–H and O–H groups in total. The molecule has 0 bridgehead atoms. The van der Waals surface area contributed by atoms with Gasteiger partial charge in [-0.2, -0.15) is 5.10 Å². The molecule has 11 heteroatoms. The molecule has 0 radical (unpaired) electrons. The number of nitrogens with one attached hydrogen (secondary N) is 1. The van der Waals surface area contributed by atoms with E-state index >= 15 is 0 Å². The molecule has 0 aliphatic carbocycles. The van der Waals surface area contributed by atoms with E-state index in [2.05, 4.69) is 10.4 Å². The molecule has 10 nitrogen and oxygen atoms in total. The number of aromatic carboxylic acids is 1. The van der Waals surface area contributed by atoms with Gasteiger partial charge in [-0.25, -0.2) is 13.2 Å². The highest BCUT2D eigenvalue weighted by molar-refractivity contribution is 7.92. The van der Waals surface area contributed by atoms with E-state index in [-0.39, 0.29) is 27.5 Å². The highest BCUT2D eigenvalue weighted by atomic mass is 32.2. The van der Waals surface area contributed by atoms with Gasteiger partial charge in [0.15, 0.2) is 5.82 Å². The lowest BCUT2D eigenvalue weighted by molar-refractivity contribution is 0.0693. The molecule has 3 rings (SSSR count). The van der Waals surface area contributed by atoms with E-state index in [1.54, 1.807) is 12.1 Å². The van der Waals surface area contributed by atoms with Gasteiger partial charge >= 0.3 is 5.97 Å². The second kappa shape index (κ2) is 8.11. The van der Waals surface area contributed by atoms with Gasteiger partial charge in [0, 0.05) is 19.8 Å². The summed E-state index contributed by atoms with van der Waals surface area (Å²) in [5.41, 5.74) is 0.588. The average molecular weight is 444 g/mol. The third kappa shape index (κ3) is 4.21. The normalized spacial score (nSPS) is 11.2. The highest BCUT2D eigenvalue weighted by Gasteiger charge is 2.28. The number of aromatic hydroxyl groups is 1. The van der Waals surface area contributed by atoms with E-state index in [0.717, 1.165) is 22.0 Å². The van der Waals surface area contributed by atoms with Gasteiger partial charge in [-0.3, -0.25) is 13.8 Å². The Morgan fingerprint density at radius 1 is 1.10 bits per heavy atom. The van der Waals surface area contributed by atoms with E-state index in [1.807, 2.05) is 6.92 Å². The summed E-state index contributed by atoms with van der Waals surface area (Å²) < 4.78 is 28.3. The zero-order valence-electron chi connectivity index (χ0n) is 16.9. The van der Waals surface area contributed by atoms with Crippen LogP contribution >= 0.6 is 0 Å². The van der Waals surface area contributed by atoms with Crippen molar-refractivity contribution >= 4 is 33.4 Å². The lowest BCUT2D eigenvalue weighted by atomic mass is 10.1. The summed E-state index contributed by atoms with van der Waals surface area (Å²) >= 11 is 0. The summed E-state index contributed by atoms with van der Waals surface area (Å²) in [5, 5.41) is 25.2. The lowest BCUT2D eigenvalue weighted by Crippen LogP contribution is -2.30. The molecule has 0 spiro atoms. The molecule has 0 aliphatic heterocycles. The Hall–Kier alpha value is -3.86. The summed E-state index contributed by atoms with van der Waals surface area (Å²) in [5.74, 6) is -2.48. The predicted octanol–water partition coefficient (Wildman–Crippen LogP) is 2.21. The summed E-state index contributed by atoms with van der Waals surface area (Å²) in [6, 6.07) is 9.84. The topological polar surface area (TPSA) is 142 Å². The minimum Gasteiger partial charge on any atom is -0.507 e. The minimum atomic E-state index is -3.97. The van der Waals surface area contributed by atoms with Crippen molar-refractivity contribution in [3.8, 4) is 5.75 Å². The molecule has 0 saturated heterocycles. The molecule has 1 amide bonds. The first-order valence-electron chi connectivity index (χ1n) is 8.97. The third-order valence-electron chi connectivity index (χ3n) is 4.61. The SMILES string of the molecule is Cc1ccc(S(=O)(=O)N(C)c2c(C(=O)Nc3ccc(O)c(C(=O)O)c3)cnn2C)cc1. The third-order valence-corrected chi connectivity index (χ3v) is 6.38. The number of carboxylic acids is 1. The number of carboxylic acid groups (broad SMARTS) is 1. The largest absolute Gasteiger partial charge is 0.507 e. The quantitative estimate of drug-likeness (QED) is 0.495. The van der Waals surface area contributed by atoms with E-state index in [9.17, 15) is 23.1 Å². The molecule has 0 aliphatic rings. The lowest BCUT2D eigenvalue weighted by Gasteiger charge is -2.21. The number of hydrogen-bond donors (Lipinski definition) is 3. The number of anilines is 2. The monoisotopic (exact) mass is 444 g/mol. The number of phenols is 1. The molecule has 2 aromatic carbocycles. The summed E-state index contributed by atoms with van der Waals surface area (Å²) in [6.07, 6.45) is 1.21. The Kier molecular flexibility index (Phi) is 5.71. The molecule has 0 saturated carbocycles. The molecule has 162 valence electrons. The molecule has 0 atom stereocenters. The number of sulfonamides is 1. The van der Waals surface area contributed by atoms with Crippen LogP contribution in [0.15, 0.2) is 53.6 Å². The van der Waals surface area contributed by atoms with Crippen LogP contribution in [0.4, 0.5) is 11.5 Å². The maximum Gasteiger partial charge on any atom is 0.339 e. The Morgan fingerprint density at radius 2 is 1.74 bits per heavy atom. The van der Waals surface area contributed by atoms with Crippen molar-refractivity contribution in [3.63, 3.8) is 0 Å². The van der Waals surface area contributed by atoms with Crippen molar-refractivity contribution in [2.24, 2.45) is 7.05 Å². The molecule has 0 unspecified atom stereocenters. The van der Waals surface area contributed by atoms with Gasteiger partial charge in [0.25, 0.3) is 15.9 Å². The van der Waals surface area contributed by atoms with Gasteiger partial charge in [-0.1, -0.05) is 17.7 Å². The summed E-state index contributed by atoms with van der Waals surface area (Å²) in [7, 11) is -1.16. The second-order valence-corrected chi connectivity index (χ2v) is 8.75. The van der Waals surface area contributed by atoms with Crippen molar-refractivity contribution in [1.29, 1.82) is 0 Å². The Balaban J connectivity index is 1.95. The van der Waals surface area contributed by atoms with E-state index in [4.69, 9.17) is 5.11 Å². The van der Waals surface area contributed by atoms with Gasteiger partial charge in [0.05, 0.1) is 11.1 Å². The standard InChI is InChI=1S/C20H20N4O6S/c1-12-4-7-14(8-5-12)31(29,30)24(3)19-16(11-21-23(19)2)18(26)22-13-6-9-17(25)15(10-13)20(27)28/h4-11,25H,1-3H3,(H,22,26)(H,27,28). The first-order chi connectivity index (χ1) is 14.5. The van der Waals surface area contributed by atoms with Gasteiger partial charge in [0.1, 0.15) is 16.9 Å². The zero-order valence-corrected chi connectivity index (χ0v) is 17.7. The number of aromatic nitrogens is 2. The van der Waals surface area contributed by atoms with Gasteiger partial charge in [-0.05, 0) is 37.3 Å². The zero-order chi connectivity index (χ0) is 22.9. The molecule has 1 aromatic heterocycles. The van der Waals surface area contributed by atoms with Crippen LogP contribution in [-0.4, -0.2) is 47.3 Å². The molecular formula is C20H20N4O6S. The predicted molar refractivity (Wildman–Crippen MR) is 113 cm³/mol. The fourth-order valence-corrected chi connectivity index (χ4v) is 4.17. The van der Waals surface area contributed by atoms with Crippen molar-refractivity contribution in [1.82, 2.24) is 9.78 Å². The van der Waals surface area contributed by atoms with E-state index in [1.165, 1.54) is 43.2 Å². The number of hydrogen-bond acceptors (Lipinski definition) is 6. The first kappa shape index (κ1) is 21.8. The number of nitrogens with zero attached hydrogens (tertiary/aromatic N) is 3. The minimum absolute atomic E-state index is 0.0234. The highest BCUT2D eigenvalue weighted by Crippen LogP contribution is 2.27. The fraction of sp³-hybridized carbons (Fsp3) is 0.150. The molecular weight excluding hydrogens is 424 g/mol.